The Bertz CT molecular complexity index is 1250. The van der Waals surface area contributed by atoms with Gasteiger partial charge in [-0.15, -0.1) is 0 Å². The standard InChI is InChI=1S/C25H27N3O4S/c1-18-9-14-21(33(30,31)27-19-10-12-20(32-2)13-11-19)17-22(18)25(29)26-23-7-3-4-8-24(23)28-15-5-6-16-28/h3-4,7-14,17,27H,5-6,15-16H2,1-2H3,(H,26,29). The van der Waals surface area contributed by atoms with Gasteiger partial charge >= 0.3 is 0 Å². The number of anilines is 3. The Labute approximate surface area is 194 Å². The van der Waals surface area contributed by atoms with Crippen LogP contribution in [0.15, 0.2) is 71.6 Å². The molecule has 0 spiro atoms. The van der Waals surface area contributed by atoms with Crippen LogP contribution in [-0.2, 0) is 10.0 Å². The van der Waals surface area contributed by atoms with E-state index in [1.165, 1.54) is 12.1 Å². The zero-order chi connectivity index (χ0) is 23.4. The van der Waals surface area contributed by atoms with Crippen molar-refractivity contribution in [1.29, 1.82) is 0 Å². The van der Waals surface area contributed by atoms with Crippen molar-refractivity contribution in [2.45, 2.75) is 24.7 Å². The Balaban J connectivity index is 1.57. The summed E-state index contributed by atoms with van der Waals surface area (Å²) in [7, 11) is -2.34. The van der Waals surface area contributed by atoms with Crippen LogP contribution in [0.2, 0.25) is 0 Å². The lowest BCUT2D eigenvalue weighted by Crippen LogP contribution is -2.21. The first-order valence-electron chi connectivity index (χ1n) is 10.8. The highest BCUT2D eigenvalue weighted by atomic mass is 32.2. The second-order valence-corrected chi connectivity index (χ2v) is 9.66. The summed E-state index contributed by atoms with van der Waals surface area (Å²) in [6, 6.07) is 18.8. The maximum atomic E-state index is 13.2. The van der Waals surface area contributed by atoms with E-state index >= 15 is 0 Å². The number of ether oxygens (including phenoxy) is 1. The number of para-hydroxylation sites is 2. The number of hydrogen-bond donors (Lipinski definition) is 2. The summed E-state index contributed by atoms with van der Waals surface area (Å²) in [6.07, 6.45) is 2.25. The SMILES string of the molecule is COc1ccc(NS(=O)(=O)c2ccc(C)c(C(=O)Nc3ccccc3N3CCCC3)c2)cc1. The van der Waals surface area contributed by atoms with E-state index in [1.54, 1.807) is 44.4 Å². The van der Waals surface area contributed by atoms with Gasteiger partial charge < -0.3 is 15.0 Å². The van der Waals surface area contributed by atoms with Gasteiger partial charge in [0.1, 0.15) is 5.75 Å². The van der Waals surface area contributed by atoms with Crippen LogP contribution in [0.1, 0.15) is 28.8 Å². The minimum absolute atomic E-state index is 0.0156. The van der Waals surface area contributed by atoms with E-state index in [-0.39, 0.29) is 10.8 Å². The van der Waals surface area contributed by atoms with Crippen molar-refractivity contribution in [3.05, 3.63) is 77.9 Å². The maximum Gasteiger partial charge on any atom is 0.261 e. The minimum atomic E-state index is -3.88. The molecule has 3 aromatic carbocycles. The quantitative estimate of drug-likeness (QED) is 0.530. The second kappa shape index (κ2) is 9.54. The average molecular weight is 466 g/mol. The highest BCUT2D eigenvalue weighted by Crippen LogP contribution is 2.29. The summed E-state index contributed by atoms with van der Waals surface area (Å²) in [4.78, 5) is 15.4. The molecule has 7 nitrogen and oxygen atoms in total. The van der Waals surface area contributed by atoms with E-state index in [0.717, 1.165) is 31.6 Å². The van der Waals surface area contributed by atoms with E-state index in [0.29, 0.717) is 28.3 Å². The molecule has 4 rings (SSSR count). The number of sulfonamides is 1. The number of carbonyl (C=O) groups is 1. The molecule has 1 aliphatic heterocycles. The largest absolute Gasteiger partial charge is 0.497 e. The van der Waals surface area contributed by atoms with Crippen LogP contribution in [0.5, 0.6) is 5.75 Å². The van der Waals surface area contributed by atoms with Crippen LogP contribution in [0.3, 0.4) is 0 Å². The van der Waals surface area contributed by atoms with Crippen molar-refractivity contribution >= 4 is 33.0 Å². The van der Waals surface area contributed by atoms with Gasteiger partial charge in [-0.25, -0.2) is 8.42 Å². The summed E-state index contributed by atoms with van der Waals surface area (Å²) < 4.78 is 33.5. The van der Waals surface area contributed by atoms with Crippen LogP contribution in [0.4, 0.5) is 17.1 Å². The molecule has 1 amide bonds. The number of benzene rings is 3. The number of methoxy groups -OCH3 is 1. The zero-order valence-corrected chi connectivity index (χ0v) is 19.5. The van der Waals surface area contributed by atoms with Crippen LogP contribution < -0.4 is 19.7 Å². The summed E-state index contributed by atoms with van der Waals surface area (Å²) in [6.45, 7) is 3.70. The lowest BCUT2D eigenvalue weighted by Gasteiger charge is -2.21. The van der Waals surface area contributed by atoms with E-state index in [9.17, 15) is 13.2 Å². The summed E-state index contributed by atoms with van der Waals surface area (Å²) in [5.41, 5.74) is 3.10. The van der Waals surface area contributed by atoms with E-state index in [1.807, 2.05) is 24.3 Å². The third kappa shape index (κ3) is 5.12. The fourth-order valence-corrected chi connectivity index (χ4v) is 4.97. The average Bonchev–Trinajstić information content (AvgIpc) is 3.34. The topological polar surface area (TPSA) is 87.7 Å². The van der Waals surface area contributed by atoms with E-state index in [2.05, 4.69) is 14.9 Å². The van der Waals surface area contributed by atoms with Gasteiger partial charge in [0.05, 0.1) is 23.4 Å². The second-order valence-electron chi connectivity index (χ2n) is 7.98. The van der Waals surface area contributed by atoms with Crippen molar-refractivity contribution in [1.82, 2.24) is 0 Å². The van der Waals surface area contributed by atoms with Crippen LogP contribution in [-0.4, -0.2) is 34.5 Å². The van der Waals surface area contributed by atoms with Gasteiger partial charge in [-0.05, 0) is 73.9 Å². The molecule has 33 heavy (non-hydrogen) atoms. The van der Waals surface area contributed by atoms with Gasteiger partial charge in [0.15, 0.2) is 0 Å². The highest BCUT2D eigenvalue weighted by Gasteiger charge is 2.21. The fourth-order valence-electron chi connectivity index (χ4n) is 3.89. The predicted octanol–water partition coefficient (Wildman–Crippen LogP) is 4.66. The summed E-state index contributed by atoms with van der Waals surface area (Å²) in [5, 5.41) is 2.98. The lowest BCUT2D eigenvalue weighted by atomic mass is 10.1. The highest BCUT2D eigenvalue weighted by molar-refractivity contribution is 7.92. The molecule has 0 unspecified atom stereocenters. The molecule has 1 fully saturated rings. The molecule has 8 heteroatoms. The number of hydrogen-bond acceptors (Lipinski definition) is 5. The van der Waals surface area contributed by atoms with Gasteiger partial charge in [0, 0.05) is 24.3 Å². The Hall–Kier alpha value is -3.52. The first-order chi connectivity index (χ1) is 15.9. The van der Waals surface area contributed by atoms with Crippen LogP contribution in [0, 0.1) is 6.92 Å². The van der Waals surface area contributed by atoms with Gasteiger partial charge in [-0.1, -0.05) is 18.2 Å². The molecule has 1 saturated heterocycles. The number of amides is 1. The van der Waals surface area contributed by atoms with Crippen molar-refractivity contribution in [2.24, 2.45) is 0 Å². The predicted molar refractivity (Wildman–Crippen MR) is 131 cm³/mol. The molecule has 0 radical (unpaired) electrons. The summed E-state index contributed by atoms with van der Waals surface area (Å²) >= 11 is 0. The number of rotatable bonds is 7. The Morgan fingerprint density at radius 3 is 2.36 bits per heavy atom. The van der Waals surface area contributed by atoms with Crippen LogP contribution >= 0.6 is 0 Å². The Kier molecular flexibility index (Phi) is 6.55. The first-order valence-corrected chi connectivity index (χ1v) is 12.3. The molecule has 0 aliphatic carbocycles. The lowest BCUT2D eigenvalue weighted by molar-refractivity contribution is 0.102. The number of aryl methyl sites for hydroxylation is 1. The normalized spacial score (nSPS) is 13.6. The molecule has 0 saturated carbocycles. The minimum Gasteiger partial charge on any atom is -0.497 e. The fraction of sp³-hybridized carbons (Fsp3) is 0.240. The molecule has 0 atom stereocenters. The van der Waals surface area contributed by atoms with Crippen molar-refractivity contribution in [3.63, 3.8) is 0 Å². The van der Waals surface area contributed by atoms with Crippen molar-refractivity contribution < 1.29 is 17.9 Å². The van der Waals surface area contributed by atoms with Gasteiger partial charge in [-0.3, -0.25) is 9.52 Å². The third-order valence-electron chi connectivity index (χ3n) is 5.71. The molecule has 3 aromatic rings. The van der Waals surface area contributed by atoms with E-state index < -0.39 is 10.0 Å². The number of carbonyl (C=O) groups excluding carboxylic acids is 1. The zero-order valence-electron chi connectivity index (χ0n) is 18.7. The van der Waals surface area contributed by atoms with Crippen molar-refractivity contribution in [3.8, 4) is 5.75 Å². The molecular formula is C25H27N3O4S. The van der Waals surface area contributed by atoms with Gasteiger partial charge in [-0.2, -0.15) is 0 Å². The monoisotopic (exact) mass is 465 g/mol. The number of nitrogens with zero attached hydrogens (tertiary/aromatic N) is 1. The Morgan fingerprint density at radius 2 is 1.67 bits per heavy atom. The molecule has 0 bridgehead atoms. The van der Waals surface area contributed by atoms with Crippen LogP contribution in [0.25, 0.3) is 0 Å². The Morgan fingerprint density at radius 1 is 0.970 bits per heavy atom. The molecule has 1 heterocycles. The van der Waals surface area contributed by atoms with Gasteiger partial charge in [0.2, 0.25) is 0 Å². The molecule has 2 N–H and O–H groups in total. The first kappa shape index (κ1) is 22.7. The molecule has 172 valence electrons. The molecule has 0 aromatic heterocycles. The van der Waals surface area contributed by atoms with Gasteiger partial charge in [0.25, 0.3) is 15.9 Å². The maximum absolute atomic E-state index is 13.2. The number of nitrogens with one attached hydrogen (secondary N) is 2. The molecule has 1 aliphatic rings. The smallest absolute Gasteiger partial charge is 0.261 e. The van der Waals surface area contributed by atoms with E-state index in [4.69, 9.17) is 4.74 Å². The van der Waals surface area contributed by atoms with Crippen molar-refractivity contribution in [2.75, 3.05) is 35.1 Å². The summed E-state index contributed by atoms with van der Waals surface area (Å²) in [5.74, 6) is 0.280. The molecular weight excluding hydrogens is 438 g/mol. The third-order valence-corrected chi connectivity index (χ3v) is 7.08.